The Hall–Kier alpha value is -2.56. The van der Waals surface area contributed by atoms with Gasteiger partial charge in [0.25, 0.3) is 0 Å². The van der Waals surface area contributed by atoms with Crippen molar-refractivity contribution in [1.82, 2.24) is 5.32 Å². The van der Waals surface area contributed by atoms with Gasteiger partial charge in [-0.25, -0.2) is 4.39 Å². The van der Waals surface area contributed by atoms with E-state index in [1.54, 1.807) is 31.4 Å². The highest BCUT2D eigenvalue weighted by atomic mass is 19.1. The number of aliphatic imine (C=N–C) groups is 1. The lowest BCUT2D eigenvalue weighted by Gasteiger charge is -2.18. The average molecular weight is 300 g/mol. The smallest absolute Gasteiger partial charge is 0.169 e. The lowest BCUT2D eigenvalue weighted by Crippen LogP contribution is -2.31. The van der Waals surface area contributed by atoms with Gasteiger partial charge in [0.15, 0.2) is 11.5 Å². The molecule has 0 spiro atoms. The predicted octanol–water partition coefficient (Wildman–Crippen LogP) is 3.37. The molecular formula is C17H17FN2O2. The van der Waals surface area contributed by atoms with E-state index in [2.05, 4.69) is 10.3 Å². The Morgan fingerprint density at radius 1 is 1.05 bits per heavy atom. The van der Waals surface area contributed by atoms with Gasteiger partial charge in [-0.3, -0.25) is 4.99 Å². The zero-order valence-corrected chi connectivity index (χ0v) is 12.3. The number of hydrogen-bond donors (Lipinski definition) is 1. The fraction of sp³-hybridized carbons (Fsp3) is 0.235. The molecule has 0 saturated heterocycles. The van der Waals surface area contributed by atoms with E-state index in [0.29, 0.717) is 35.2 Å². The summed E-state index contributed by atoms with van der Waals surface area (Å²) in [6.45, 7) is 1.46. The number of benzene rings is 2. The molecule has 0 amide bonds. The highest BCUT2D eigenvalue weighted by Gasteiger charge is 2.19. The van der Waals surface area contributed by atoms with Crippen molar-refractivity contribution in [2.75, 3.05) is 20.2 Å². The standard InChI is InChI=1S/C17H17FN2O2/c1-21-13-7-2-3-8-14(13)22-15-9-4-6-12(18)16(15)17-19-10-5-11-20-17/h2-4,6-9H,5,10-11H2,1H3,(H,19,20). The van der Waals surface area contributed by atoms with Gasteiger partial charge in [-0.05, 0) is 30.7 Å². The summed E-state index contributed by atoms with van der Waals surface area (Å²) in [5, 5.41) is 3.13. The van der Waals surface area contributed by atoms with Crippen molar-refractivity contribution in [3.8, 4) is 17.2 Å². The van der Waals surface area contributed by atoms with Gasteiger partial charge in [-0.1, -0.05) is 18.2 Å². The third-order valence-corrected chi connectivity index (χ3v) is 3.40. The van der Waals surface area contributed by atoms with Gasteiger partial charge in [-0.15, -0.1) is 0 Å². The van der Waals surface area contributed by atoms with Crippen LogP contribution >= 0.6 is 0 Å². The molecular weight excluding hydrogens is 283 g/mol. The van der Waals surface area contributed by atoms with E-state index in [-0.39, 0.29) is 5.82 Å². The van der Waals surface area contributed by atoms with Crippen LogP contribution in [0, 0.1) is 5.82 Å². The van der Waals surface area contributed by atoms with E-state index < -0.39 is 0 Å². The zero-order valence-electron chi connectivity index (χ0n) is 12.3. The molecule has 0 saturated carbocycles. The SMILES string of the molecule is COc1ccccc1Oc1cccc(F)c1C1=NCCCN1. The molecule has 0 fully saturated rings. The largest absolute Gasteiger partial charge is 0.493 e. The number of methoxy groups -OCH3 is 1. The Bertz CT molecular complexity index is 701. The summed E-state index contributed by atoms with van der Waals surface area (Å²) >= 11 is 0. The minimum atomic E-state index is -0.361. The average Bonchev–Trinajstić information content (AvgIpc) is 2.56. The van der Waals surface area contributed by atoms with Crippen molar-refractivity contribution in [3.05, 3.63) is 53.8 Å². The number of rotatable bonds is 4. The minimum Gasteiger partial charge on any atom is -0.493 e. The summed E-state index contributed by atoms with van der Waals surface area (Å²) in [5.41, 5.74) is 0.355. The Kier molecular flexibility index (Phi) is 4.23. The molecule has 3 rings (SSSR count). The first kappa shape index (κ1) is 14.4. The number of nitrogens with one attached hydrogen (secondary N) is 1. The number of amidine groups is 1. The summed E-state index contributed by atoms with van der Waals surface area (Å²) in [4.78, 5) is 4.36. The first-order valence-corrected chi connectivity index (χ1v) is 7.17. The molecule has 0 radical (unpaired) electrons. The maximum atomic E-state index is 14.3. The molecule has 2 aromatic carbocycles. The van der Waals surface area contributed by atoms with Crippen LogP contribution in [-0.2, 0) is 0 Å². The van der Waals surface area contributed by atoms with E-state index in [1.165, 1.54) is 6.07 Å². The van der Waals surface area contributed by atoms with Gasteiger partial charge in [0.1, 0.15) is 17.4 Å². The quantitative estimate of drug-likeness (QED) is 0.941. The number of hydrogen-bond acceptors (Lipinski definition) is 4. The van der Waals surface area contributed by atoms with E-state index in [9.17, 15) is 4.39 Å². The Labute approximate surface area is 128 Å². The molecule has 0 bridgehead atoms. The number of halogens is 1. The molecule has 4 nitrogen and oxygen atoms in total. The molecule has 1 aliphatic rings. The highest BCUT2D eigenvalue weighted by Crippen LogP contribution is 2.33. The summed E-state index contributed by atoms with van der Waals surface area (Å²) < 4.78 is 25.4. The fourth-order valence-corrected chi connectivity index (χ4v) is 2.34. The topological polar surface area (TPSA) is 42.9 Å². The summed E-state index contributed by atoms with van der Waals surface area (Å²) in [6.07, 6.45) is 0.945. The summed E-state index contributed by atoms with van der Waals surface area (Å²) in [6, 6.07) is 12.0. The van der Waals surface area contributed by atoms with Crippen LogP contribution in [0.25, 0.3) is 0 Å². The van der Waals surface area contributed by atoms with Gasteiger partial charge in [0.2, 0.25) is 0 Å². The molecule has 114 valence electrons. The zero-order chi connectivity index (χ0) is 15.4. The Morgan fingerprint density at radius 3 is 2.55 bits per heavy atom. The second-order valence-electron chi connectivity index (χ2n) is 4.88. The molecule has 1 N–H and O–H groups in total. The van der Waals surface area contributed by atoms with Gasteiger partial charge >= 0.3 is 0 Å². The molecule has 5 heteroatoms. The molecule has 1 aliphatic heterocycles. The van der Waals surface area contributed by atoms with Crippen molar-refractivity contribution in [1.29, 1.82) is 0 Å². The fourth-order valence-electron chi connectivity index (χ4n) is 2.34. The number of para-hydroxylation sites is 2. The number of nitrogens with zero attached hydrogens (tertiary/aromatic N) is 1. The van der Waals surface area contributed by atoms with Crippen molar-refractivity contribution in [2.24, 2.45) is 4.99 Å². The van der Waals surface area contributed by atoms with Crippen LogP contribution in [0.3, 0.4) is 0 Å². The van der Waals surface area contributed by atoms with Crippen LogP contribution in [0.5, 0.6) is 17.2 Å². The molecule has 0 unspecified atom stereocenters. The van der Waals surface area contributed by atoms with Crippen LogP contribution in [0.2, 0.25) is 0 Å². The van der Waals surface area contributed by atoms with Gasteiger partial charge in [0, 0.05) is 13.1 Å². The first-order valence-electron chi connectivity index (χ1n) is 7.17. The maximum Gasteiger partial charge on any atom is 0.169 e. The maximum absolute atomic E-state index is 14.3. The van der Waals surface area contributed by atoms with Crippen molar-refractivity contribution < 1.29 is 13.9 Å². The third-order valence-electron chi connectivity index (χ3n) is 3.40. The van der Waals surface area contributed by atoms with Crippen LogP contribution in [0.15, 0.2) is 47.5 Å². The minimum absolute atomic E-state index is 0.355. The Balaban J connectivity index is 2.00. The molecule has 22 heavy (non-hydrogen) atoms. The molecule has 1 heterocycles. The van der Waals surface area contributed by atoms with Crippen molar-refractivity contribution >= 4 is 5.84 Å². The van der Waals surface area contributed by atoms with Crippen molar-refractivity contribution in [2.45, 2.75) is 6.42 Å². The lowest BCUT2D eigenvalue weighted by atomic mass is 10.1. The van der Waals surface area contributed by atoms with Gasteiger partial charge in [0.05, 0.1) is 12.7 Å². The monoisotopic (exact) mass is 300 g/mol. The molecule has 2 aromatic rings. The van der Waals surface area contributed by atoms with Crippen LogP contribution < -0.4 is 14.8 Å². The molecule has 0 aliphatic carbocycles. The first-order chi connectivity index (χ1) is 10.8. The van der Waals surface area contributed by atoms with E-state index >= 15 is 0 Å². The molecule has 0 aromatic heterocycles. The summed E-state index contributed by atoms with van der Waals surface area (Å²) in [7, 11) is 1.57. The van der Waals surface area contributed by atoms with Crippen LogP contribution in [-0.4, -0.2) is 26.0 Å². The molecule has 0 atom stereocenters. The second-order valence-corrected chi connectivity index (χ2v) is 4.88. The normalized spacial score (nSPS) is 14.0. The number of ether oxygens (including phenoxy) is 2. The van der Waals surface area contributed by atoms with Crippen LogP contribution in [0.4, 0.5) is 4.39 Å². The third kappa shape index (κ3) is 2.88. The van der Waals surface area contributed by atoms with Gasteiger partial charge < -0.3 is 14.8 Å². The highest BCUT2D eigenvalue weighted by molar-refractivity contribution is 6.01. The van der Waals surface area contributed by atoms with Gasteiger partial charge in [-0.2, -0.15) is 0 Å². The summed E-state index contributed by atoms with van der Waals surface area (Å²) in [5.74, 6) is 1.72. The van der Waals surface area contributed by atoms with Crippen LogP contribution in [0.1, 0.15) is 12.0 Å². The van der Waals surface area contributed by atoms with E-state index in [4.69, 9.17) is 9.47 Å². The second kappa shape index (κ2) is 6.47. The predicted molar refractivity (Wildman–Crippen MR) is 83.5 cm³/mol. The van der Waals surface area contributed by atoms with Crippen molar-refractivity contribution in [3.63, 3.8) is 0 Å². The van der Waals surface area contributed by atoms with E-state index in [1.807, 2.05) is 12.1 Å². The van der Waals surface area contributed by atoms with E-state index in [0.717, 1.165) is 13.0 Å². The Morgan fingerprint density at radius 2 is 1.82 bits per heavy atom. The lowest BCUT2D eigenvalue weighted by molar-refractivity contribution is 0.377.